The molecule has 120 valence electrons. The van der Waals surface area contributed by atoms with Crippen LogP contribution in [0.1, 0.15) is 0 Å². The summed E-state index contributed by atoms with van der Waals surface area (Å²) in [6, 6.07) is 2.88. The molecule has 0 aromatic heterocycles. The molecule has 0 radical (unpaired) electrons. The Morgan fingerprint density at radius 3 is 2.68 bits per heavy atom. The van der Waals surface area contributed by atoms with Crippen LogP contribution in [0.4, 0.5) is 5.69 Å². The van der Waals surface area contributed by atoms with Gasteiger partial charge in [0, 0.05) is 38.3 Å². The monoisotopic (exact) mass is 327 g/mol. The van der Waals surface area contributed by atoms with E-state index in [1.807, 2.05) is 0 Å². The number of nitrogens with zero attached hydrogens (tertiary/aromatic N) is 1. The van der Waals surface area contributed by atoms with Crippen molar-refractivity contribution < 1.29 is 22.7 Å². The smallest absolute Gasteiger partial charge is 0.262 e. The number of piperazine rings is 1. The van der Waals surface area contributed by atoms with Gasteiger partial charge >= 0.3 is 0 Å². The van der Waals surface area contributed by atoms with Gasteiger partial charge in [-0.05, 0) is 0 Å². The predicted octanol–water partition coefficient (Wildman–Crippen LogP) is -0.380. The molecule has 1 aromatic rings. The van der Waals surface area contributed by atoms with Crippen LogP contribution in [-0.4, -0.2) is 58.5 Å². The molecule has 2 heterocycles. The molecule has 2 aliphatic heterocycles. The topological polar surface area (TPSA) is 97.0 Å². The summed E-state index contributed by atoms with van der Waals surface area (Å²) in [4.78, 5) is 11.4. The number of ether oxygens (including phenoxy) is 2. The standard InChI is InChI=1S/C13H17N3O5S/c1-20-11-6-9-10(21-8-13(17)15-9)7-12(11)22(18,19)16-4-2-14-3-5-16/h6-7,14H,2-5,8H2,1H3,(H,15,17). The Morgan fingerprint density at radius 1 is 1.27 bits per heavy atom. The summed E-state index contributed by atoms with van der Waals surface area (Å²) in [7, 11) is -2.28. The first-order valence-electron chi connectivity index (χ1n) is 6.88. The molecular formula is C13H17N3O5S. The van der Waals surface area contributed by atoms with Gasteiger partial charge in [-0.2, -0.15) is 4.31 Å². The van der Waals surface area contributed by atoms with Crippen LogP contribution in [0.2, 0.25) is 0 Å². The third-order valence-corrected chi connectivity index (χ3v) is 5.51. The predicted molar refractivity (Wildman–Crippen MR) is 78.7 cm³/mol. The maximum absolute atomic E-state index is 12.8. The summed E-state index contributed by atoms with van der Waals surface area (Å²) in [5.41, 5.74) is 0.410. The number of anilines is 1. The Labute approximate surface area is 128 Å². The van der Waals surface area contributed by atoms with Crippen molar-refractivity contribution in [1.82, 2.24) is 9.62 Å². The van der Waals surface area contributed by atoms with Crippen LogP contribution < -0.4 is 20.1 Å². The third kappa shape index (κ3) is 2.62. The largest absolute Gasteiger partial charge is 0.495 e. The van der Waals surface area contributed by atoms with Crippen molar-refractivity contribution in [2.24, 2.45) is 0 Å². The number of amides is 1. The zero-order valence-electron chi connectivity index (χ0n) is 12.1. The van der Waals surface area contributed by atoms with Crippen LogP contribution in [0.3, 0.4) is 0 Å². The Kier molecular flexibility index (Phi) is 3.94. The molecule has 8 nitrogen and oxygen atoms in total. The summed E-state index contributed by atoms with van der Waals surface area (Å²) < 4.78 is 37.5. The second-order valence-electron chi connectivity index (χ2n) is 4.99. The number of hydrogen-bond donors (Lipinski definition) is 2. The van der Waals surface area contributed by atoms with Crippen molar-refractivity contribution in [2.45, 2.75) is 4.90 Å². The number of carbonyl (C=O) groups excluding carboxylic acids is 1. The molecule has 1 saturated heterocycles. The van der Waals surface area contributed by atoms with E-state index >= 15 is 0 Å². The summed E-state index contributed by atoms with van der Waals surface area (Å²) in [6.45, 7) is 1.89. The van der Waals surface area contributed by atoms with Gasteiger partial charge in [0.15, 0.2) is 6.61 Å². The van der Waals surface area contributed by atoms with Gasteiger partial charge in [0.2, 0.25) is 10.0 Å². The van der Waals surface area contributed by atoms with Gasteiger partial charge in [0.25, 0.3) is 5.91 Å². The summed E-state index contributed by atoms with van der Waals surface area (Å²) in [5, 5.41) is 5.74. The van der Waals surface area contributed by atoms with Gasteiger partial charge in [0.1, 0.15) is 16.4 Å². The Bertz CT molecular complexity index is 698. The second-order valence-corrected chi connectivity index (χ2v) is 6.90. The maximum Gasteiger partial charge on any atom is 0.262 e. The van der Waals surface area contributed by atoms with E-state index in [-0.39, 0.29) is 23.2 Å². The first-order chi connectivity index (χ1) is 10.5. The normalized spacial score (nSPS) is 19.0. The minimum atomic E-state index is -3.68. The van der Waals surface area contributed by atoms with E-state index in [4.69, 9.17) is 9.47 Å². The summed E-state index contributed by atoms with van der Waals surface area (Å²) >= 11 is 0. The van der Waals surface area contributed by atoms with Crippen LogP contribution in [0.25, 0.3) is 0 Å². The molecule has 0 unspecified atom stereocenters. The molecule has 22 heavy (non-hydrogen) atoms. The minimum absolute atomic E-state index is 0.0480. The first kappa shape index (κ1) is 15.1. The highest BCUT2D eigenvalue weighted by molar-refractivity contribution is 7.89. The van der Waals surface area contributed by atoms with E-state index in [0.29, 0.717) is 37.6 Å². The van der Waals surface area contributed by atoms with Crippen LogP contribution in [0.15, 0.2) is 17.0 Å². The van der Waals surface area contributed by atoms with Crippen LogP contribution >= 0.6 is 0 Å². The van der Waals surface area contributed by atoms with E-state index < -0.39 is 10.0 Å². The Hall–Kier alpha value is -1.84. The van der Waals surface area contributed by atoms with E-state index in [1.165, 1.54) is 23.5 Å². The van der Waals surface area contributed by atoms with E-state index in [0.717, 1.165) is 0 Å². The Balaban J connectivity index is 2.04. The lowest BCUT2D eigenvalue weighted by Gasteiger charge is -2.28. The minimum Gasteiger partial charge on any atom is -0.495 e. The molecule has 2 aliphatic rings. The van der Waals surface area contributed by atoms with Crippen molar-refractivity contribution in [3.63, 3.8) is 0 Å². The van der Waals surface area contributed by atoms with E-state index in [2.05, 4.69) is 10.6 Å². The number of carbonyl (C=O) groups is 1. The van der Waals surface area contributed by atoms with E-state index in [1.54, 1.807) is 0 Å². The molecule has 2 N–H and O–H groups in total. The molecule has 0 atom stereocenters. The van der Waals surface area contributed by atoms with Gasteiger partial charge in [-0.25, -0.2) is 8.42 Å². The van der Waals surface area contributed by atoms with Crippen molar-refractivity contribution in [2.75, 3.05) is 45.2 Å². The molecule has 0 spiro atoms. The zero-order valence-corrected chi connectivity index (χ0v) is 12.9. The molecule has 0 bridgehead atoms. The maximum atomic E-state index is 12.8. The quantitative estimate of drug-likeness (QED) is 0.785. The van der Waals surface area contributed by atoms with Gasteiger partial charge in [-0.1, -0.05) is 0 Å². The number of hydrogen-bond acceptors (Lipinski definition) is 6. The zero-order chi connectivity index (χ0) is 15.7. The van der Waals surface area contributed by atoms with E-state index in [9.17, 15) is 13.2 Å². The van der Waals surface area contributed by atoms with Gasteiger partial charge in [0.05, 0.1) is 12.8 Å². The molecule has 1 amide bonds. The Morgan fingerprint density at radius 2 is 2.00 bits per heavy atom. The molecular weight excluding hydrogens is 310 g/mol. The van der Waals surface area contributed by atoms with Gasteiger partial charge < -0.3 is 20.1 Å². The SMILES string of the molecule is COc1cc2c(cc1S(=O)(=O)N1CCNCC1)OCC(=O)N2. The summed E-state index contributed by atoms with van der Waals surface area (Å²) in [5.74, 6) is 0.226. The lowest BCUT2D eigenvalue weighted by Crippen LogP contribution is -2.46. The van der Waals surface area contributed by atoms with Gasteiger partial charge in [-0.15, -0.1) is 0 Å². The number of nitrogens with one attached hydrogen (secondary N) is 2. The fourth-order valence-corrected chi connectivity index (χ4v) is 4.07. The van der Waals surface area contributed by atoms with Gasteiger partial charge in [-0.3, -0.25) is 4.79 Å². The fraction of sp³-hybridized carbons (Fsp3) is 0.462. The van der Waals surface area contributed by atoms with Crippen LogP contribution in [0, 0.1) is 0 Å². The lowest BCUT2D eigenvalue weighted by atomic mass is 10.2. The van der Waals surface area contributed by atoms with Crippen LogP contribution in [-0.2, 0) is 14.8 Å². The van der Waals surface area contributed by atoms with Crippen LogP contribution in [0.5, 0.6) is 11.5 Å². The van der Waals surface area contributed by atoms with Crippen molar-refractivity contribution >= 4 is 21.6 Å². The molecule has 1 fully saturated rings. The average molecular weight is 327 g/mol. The molecule has 0 aliphatic carbocycles. The highest BCUT2D eigenvalue weighted by atomic mass is 32.2. The number of fused-ring (bicyclic) bond motifs is 1. The van der Waals surface area contributed by atoms with Crippen molar-refractivity contribution in [3.8, 4) is 11.5 Å². The summed E-state index contributed by atoms with van der Waals surface area (Å²) in [6.07, 6.45) is 0. The second kappa shape index (κ2) is 5.75. The fourth-order valence-electron chi connectivity index (χ4n) is 2.47. The molecule has 9 heteroatoms. The van der Waals surface area contributed by atoms with Crippen molar-refractivity contribution in [1.29, 1.82) is 0 Å². The number of benzene rings is 1. The number of methoxy groups -OCH3 is 1. The molecule has 1 aromatic carbocycles. The number of rotatable bonds is 3. The molecule has 0 saturated carbocycles. The highest BCUT2D eigenvalue weighted by Crippen LogP contribution is 2.38. The third-order valence-electron chi connectivity index (χ3n) is 3.59. The average Bonchev–Trinajstić information content (AvgIpc) is 2.54. The first-order valence-corrected chi connectivity index (χ1v) is 8.32. The lowest BCUT2D eigenvalue weighted by molar-refractivity contribution is -0.118. The highest BCUT2D eigenvalue weighted by Gasteiger charge is 2.31. The number of sulfonamides is 1. The van der Waals surface area contributed by atoms with Crippen molar-refractivity contribution in [3.05, 3.63) is 12.1 Å². The molecule has 3 rings (SSSR count).